The second-order valence-corrected chi connectivity index (χ2v) is 6.31. The molecule has 0 aliphatic carbocycles. The van der Waals surface area contributed by atoms with Gasteiger partial charge in [-0.3, -0.25) is 9.79 Å². The number of aliphatic imine (C=N–C) groups is 1. The minimum absolute atomic E-state index is 0.0464. The molecule has 1 aromatic heterocycles. The van der Waals surface area contributed by atoms with Crippen molar-refractivity contribution in [2.24, 2.45) is 10.7 Å². The van der Waals surface area contributed by atoms with Crippen LogP contribution in [0, 0.1) is 11.3 Å². The molecular formula is C19H17ClN6O. The summed E-state index contributed by atoms with van der Waals surface area (Å²) in [6, 6.07) is 10.7. The van der Waals surface area contributed by atoms with Crippen molar-refractivity contribution in [1.29, 1.82) is 5.26 Å². The Hall–Kier alpha value is -3.05. The average Bonchev–Trinajstić information content (AvgIpc) is 2.67. The number of carbonyl (C=O) groups excluding carboxylic acids is 1. The predicted molar refractivity (Wildman–Crippen MR) is 105 cm³/mol. The summed E-state index contributed by atoms with van der Waals surface area (Å²) in [4.78, 5) is 20.5. The monoisotopic (exact) mass is 380 g/mol. The number of pyridine rings is 1. The van der Waals surface area contributed by atoms with Crippen LogP contribution in [0.1, 0.15) is 21.6 Å². The fraction of sp³-hybridized carbons (Fsp3) is 0.158. The zero-order chi connectivity index (χ0) is 19.2. The van der Waals surface area contributed by atoms with Crippen LogP contribution in [0.4, 0.5) is 5.69 Å². The van der Waals surface area contributed by atoms with Crippen molar-refractivity contribution in [3.8, 4) is 6.07 Å². The van der Waals surface area contributed by atoms with Gasteiger partial charge in [-0.25, -0.2) is 4.98 Å². The Morgan fingerprint density at radius 2 is 2.22 bits per heavy atom. The number of amides is 1. The first kappa shape index (κ1) is 18.7. The van der Waals surface area contributed by atoms with Crippen LogP contribution in [0.5, 0.6) is 0 Å². The number of allylic oxidation sites excluding steroid dienone is 1. The summed E-state index contributed by atoms with van der Waals surface area (Å²) in [7, 11) is 0. The molecule has 2 heterocycles. The third kappa shape index (κ3) is 4.77. The number of aromatic nitrogens is 1. The number of anilines is 1. The lowest BCUT2D eigenvalue weighted by Crippen LogP contribution is -2.43. The number of nitriles is 1. The first-order valence-corrected chi connectivity index (χ1v) is 8.59. The first-order valence-electron chi connectivity index (χ1n) is 8.21. The first-order chi connectivity index (χ1) is 13.1. The molecule has 2 atom stereocenters. The molecule has 1 aliphatic rings. The zero-order valence-electron chi connectivity index (χ0n) is 14.3. The molecule has 0 spiro atoms. The number of dihydropyridines is 1. The molecule has 0 saturated heterocycles. The number of hydrogen-bond acceptors (Lipinski definition) is 6. The fourth-order valence-corrected chi connectivity index (χ4v) is 2.82. The van der Waals surface area contributed by atoms with Gasteiger partial charge in [0, 0.05) is 24.6 Å². The van der Waals surface area contributed by atoms with E-state index in [2.05, 4.69) is 20.6 Å². The molecule has 1 aromatic carbocycles. The number of benzene rings is 1. The largest absolute Gasteiger partial charge is 0.321 e. The minimum Gasteiger partial charge on any atom is -0.321 e. The Kier molecular flexibility index (Phi) is 5.94. The van der Waals surface area contributed by atoms with Gasteiger partial charge < -0.3 is 16.4 Å². The maximum Gasteiger partial charge on any atom is 0.275 e. The summed E-state index contributed by atoms with van der Waals surface area (Å²) in [5, 5.41) is 15.1. The lowest BCUT2D eigenvalue weighted by atomic mass is 10.1. The molecule has 1 amide bonds. The molecule has 2 aromatic rings. The highest BCUT2D eigenvalue weighted by Gasteiger charge is 2.15. The van der Waals surface area contributed by atoms with Crippen LogP contribution in [0.2, 0.25) is 5.02 Å². The number of carbonyl (C=O) groups is 1. The van der Waals surface area contributed by atoms with E-state index in [1.165, 1.54) is 12.3 Å². The number of hydrogen-bond donors (Lipinski definition) is 3. The number of nitrogens with two attached hydrogens (primary N) is 1. The SMILES string of the molecule is N#Cc1cnc(C(=O)Nc2cccc(CNC3C=CC=NC3N)c2)c(Cl)c1. The molecule has 136 valence electrons. The van der Waals surface area contributed by atoms with Gasteiger partial charge >= 0.3 is 0 Å². The van der Waals surface area contributed by atoms with E-state index in [1.807, 2.05) is 36.4 Å². The van der Waals surface area contributed by atoms with Crippen molar-refractivity contribution >= 4 is 29.4 Å². The molecule has 0 radical (unpaired) electrons. The average molecular weight is 381 g/mol. The van der Waals surface area contributed by atoms with Gasteiger partial charge in [0.05, 0.1) is 16.6 Å². The highest BCUT2D eigenvalue weighted by molar-refractivity contribution is 6.34. The summed E-state index contributed by atoms with van der Waals surface area (Å²) >= 11 is 6.04. The van der Waals surface area contributed by atoms with E-state index in [1.54, 1.807) is 12.3 Å². The van der Waals surface area contributed by atoms with E-state index in [0.29, 0.717) is 17.8 Å². The van der Waals surface area contributed by atoms with Crippen molar-refractivity contribution in [2.75, 3.05) is 5.32 Å². The Labute approximate surface area is 161 Å². The number of nitrogens with zero attached hydrogens (tertiary/aromatic N) is 3. The molecule has 0 saturated carbocycles. The van der Waals surface area contributed by atoms with Crippen LogP contribution in [-0.2, 0) is 6.54 Å². The number of halogens is 1. The van der Waals surface area contributed by atoms with Crippen LogP contribution < -0.4 is 16.4 Å². The van der Waals surface area contributed by atoms with E-state index in [9.17, 15) is 4.79 Å². The van der Waals surface area contributed by atoms with E-state index in [0.717, 1.165) is 5.56 Å². The van der Waals surface area contributed by atoms with Crippen LogP contribution in [0.3, 0.4) is 0 Å². The van der Waals surface area contributed by atoms with E-state index in [-0.39, 0.29) is 22.9 Å². The number of nitrogens with one attached hydrogen (secondary N) is 2. The summed E-state index contributed by atoms with van der Waals surface area (Å²) in [6.07, 6.45) is 6.49. The normalized spacial score (nSPS) is 18.1. The van der Waals surface area contributed by atoms with Gasteiger partial charge in [-0.15, -0.1) is 0 Å². The van der Waals surface area contributed by atoms with Crippen LogP contribution in [0.15, 0.2) is 53.7 Å². The Morgan fingerprint density at radius 3 is 2.96 bits per heavy atom. The maximum absolute atomic E-state index is 12.4. The van der Waals surface area contributed by atoms with Crippen molar-refractivity contribution in [1.82, 2.24) is 10.3 Å². The lowest BCUT2D eigenvalue weighted by Gasteiger charge is -2.21. The van der Waals surface area contributed by atoms with Crippen molar-refractivity contribution < 1.29 is 4.79 Å². The highest BCUT2D eigenvalue weighted by Crippen LogP contribution is 2.18. The van der Waals surface area contributed by atoms with E-state index in [4.69, 9.17) is 22.6 Å². The van der Waals surface area contributed by atoms with E-state index >= 15 is 0 Å². The van der Waals surface area contributed by atoms with Gasteiger partial charge in [-0.1, -0.05) is 29.8 Å². The third-order valence-electron chi connectivity index (χ3n) is 3.94. The second-order valence-electron chi connectivity index (χ2n) is 5.90. The molecule has 7 nitrogen and oxygen atoms in total. The molecule has 0 bridgehead atoms. The predicted octanol–water partition coefficient (Wildman–Crippen LogP) is 2.24. The van der Waals surface area contributed by atoms with Crippen LogP contribution in [0.25, 0.3) is 0 Å². The topological polar surface area (TPSA) is 116 Å². The van der Waals surface area contributed by atoms with Crippen molar-refractivity contribution in [3.63, 3.8) is 0 Å². The fourth-order valence-electron chi connectivity index (χ4n) is 2.56. The molecule has 8 heteroatoms. The van der Waals surface area contributed by atoms with Gasteiger partial charge in [0.2, 0.25) is 0 Å². The Bertz CT molecular complexity index is 949. The van der Waals surface area contributed by atoms with Crippen LogP contribution in [-0.4, -0.2) is 29.3 Å². The molecule has 2 unspecified atom stereocenters. The summed E-state index contributed by atoms with van der Waals surface area (Å²) in [5.74, 6) is -0.443. The third-order valence-corrected chi connectivity index (χ3v) is 4.23. The van der Waals surface area contributed by atoms with Gasteiger partial charge in [-0.05, 0) is 29.8 Å². The molecule has 1 aliphatic heterocycles. The minimum atomic E-state index is -0.443. The molecule has 3 rings (SSSR count). The molecule has 0 fully saturated rings. The molecular weight excluding hydrogens is 364 g/mol. The highest BCUT2D eigenvalue weighted by atomic mass is 35.5. The van der Waals surface area contributed by atoms with Crippen molar-refractivity contribution in [2.45, 2.75) is 18.8 Å². The summed E-state index contributed by atoms with van der Waals surface area (Å²) < 4.78 is 0. The van der Waals surface area contributed by atoms with E-state index < -0.39 is 5.91 Å². The van der Waals surface area contributed by atoms with Gasteiger partial charge in [0.15, 0.2) is 0 Å². The number of rotatable bonds is 5. The standard InChI is InChI=1S/C19H17ClN6O/c20-15-8-13(9-21)11-25-17(15)19(27)26-14-4-1-3-12(7-14)10-24-16-5-2-6-23-18(16)22/h1-8,11,16,18,24H,10,22H2,(H,26,27). The quantitative estimate of drug-likeness (QED) is 0.735. The Morgan fingerprint density at radius 1 is 1.37 bits per heavy atom. The Balaban J connectivity index is 1.65. The smallest absolute Gasteiger partial charge is 0.275 e. The van der Waals surface area contributed by atoms with Gasteiger partial charge in [-0.2, -0.15) is 5.26 Å². The van der Waals surface area contributed by atoms with Gasteiger partial charge in [0.1, 0.15) is 17.9 Å². The summed E-state index contributed by atoms with van der Waals surface area (Å²) in [5.41, 5.74) is 7.88. The molecule has 4 N–H and O–H groups in total. The van der Waals surface area contributed by atoms with Crippen LogP contribution >= 0.6 is 11.6 Å². The second kappa shape index (κ2) is 8.56. The lowest BCUT2D eigenvalue weighted by molar-refractivity contribution is 0.102. The van der Waals surface area contributed by atoms with Gasteiger partial charge in [0.25, 0.3) is 5.91 Å². The van der Waals surface area contributed by atoms with Crippen molar-refractivity contribution in [3.05, 3.63) is 70.5 Å². The maximum atomic E-state index is 12.4. The molecule has 27 heavy (non-hydrogen) atoms. The summed E-state index contributed by atoms with van der Waals surface area (Å²) in [6.45, 7) is 0.567. The zero-order valence-corrected chi connectivity index (χ0v) is 15.0.